The number of allylic oxidation sites excluding steroid dienone is 3. The first-order chi connectivity index (χ1) is 9.38. The molecule has 1 rings (SSSR count). The minimum Gasteiger partial charge on any atom is -0.390 e. The maximum atomic E-state index is 9.54. The van der Waals surface area contributed by atoms with Gasteiger partial charge in [-0.15, -0.1) is 0 Å². The van der Waals surface area contributed by atoms with Crippen LogP contribution >= 0.6 is 0 Å². The summed E-state index contributed by atoms with van der Waals surface area (Å²) in [6, 6.07) is 0. The molecule has 116 valence electrons. The van der Waals surface area contributed by atoms with Crippen LogP contribution in [0.5, 0.6) is 0 Å². The van der Waals surface area contributed by atoms with Crippen LogP contribution in [-0.4, -0.2) is 60.7 Å². The summed E-state index contributed by atoms with van der Waals surface area (Å²) in [5.74, 6) is 0. The number of hydrogen-bond acceptors (Lipinski definition) is 5. The standard InChI is InChI=1S/C9H15N.C4H8O3.CH3NO/c1-10(2)8-9-6-4-3-5-7-9;1-3(6)4(7)2-5;2-1-3/h3-4,6H,5,7-8H2,1-2H3;2-4,6-7H,1H3;1H,(H2,2,3). The Kier molecular flexibility index (Phi) is 14.5. The van der Waals surface area contributed by atoms with Gasteiger partial charge in [-0.2, -0.15) is 0 Å². The second-order valence-corrected chi connectivity index (χ2v) is 4.53. The smallest absolute Gasteiger partial charge is 0.204 e. The van der Waals surface area contributed by atoms with Crippen LogP contribution < -0.4 is 5.73 Å². The highest BCUT2D eigenvalue weighted by molar-refractivity contribution is 5.56. The topological polar surface area (TPSA) is 104 Å². The summed E-state index contributed by atoms with van der Waals surface area (Å²) >= 11 is 0. The van der Waals surface area contributed by atoms with Gasteiger partial charge in [0.05, 0.1) is 6.10 Å². The molecule has 1 amide bonds. The van der Waals surface area contributed by atoms with E-state index in [4.69, 9.17) is 15.0 Å². The molecule has 1 aliphatic carbocycles. The van der Waals surface area contributed by atoms with Gasteiger partial charge in [0.1, 0.15) is 6.10 Å². The summed E-state index contributed by atoms with van der Waals surface area (Å²) < 4.78 is 0. The summed E-state index contributed by atoms with van der Waals surface area (Å²) in [5.41, 5.74) is 5.72. The molecular weight excluding hydrogens is 260 g/mol. The molecule has 0 aromatic heterocycles. The maximum Gasteiger partial charge on any atom is 0.204 e. The van der Waals surface area contributed by atoms with Gasteiger partial charge in [0.15, 0.2) is 6.29 Å². The van der Waals surface area contributed by atoms with Crippen LogP contribution in [-0.2, 0) is 9.59 Å². The largest absolute Gasteiger partial charge is 0.390 e. The van der Waals surface area contributed by atoms with Crippen molar-refractivity contribution in [2.24, 2.45) is 5.73 Å². The lowest BCUT2D eigenvalue weighted by molar-refractivity contribution is -0.119. The Morgan fingerprint density at radius 3 is 2.20 bits per heavy atom. The number of nitrogens with two attached hydrogens (primary N) is 1. The molecule has 0 saturated heterocycles. The van der Waals surface area contributed by atoms with Gasteiger partial charge < -0.3 is 25.6 Å². The third kappa shape index (κ3) is 14.6. The molecule has 2 atom stereocenters. The predicted molar refractivity (Wildman–Crippen MR) is 79.0 cm³/mol. The molecule has 0 aromatic rings. The lowest BCUT2D eigenvalue weighted by Crippen LogP contribution is -2.23. The average Bonchev–Trinajstić information content (AvgIpc) is 2.39. The number of aldehydes is 1. The Morgan fingerprint density at radius 2 is 1.95 bits per heavy atom. The summed E-state index contributed by atoms with van der Waals surface area (Å²) in [7, 11) is 4.22. The highest BCUT2D eigenvalue weighted by Crippen LogP contribution is 2.11. The van der Waals surface area contributed by atoms with Gasteiger partial charge in [-0.1, -0.05) is 23.8 Å². The Balaban J connectivity index is 0. The number of aliphatic hydroxyl groups is 2. The summed E-state index contributed by atoms with van der Waals surface area (Å²) in [6.45, 7) is 2.46. The number of likely N-dealkylation sites (N-methyl/N-ethyl adjacent to an activating group) is 1. The van der Waals surface area contributed by atoms with Crippen LogP contribution in [0.1, 0.15) is 19.8 Å². The number of primary amides is 1. The molecule has 0 fully saturated rings. The molecule has 6 nitrogen and oxygen atoms in total. The van der Waals surface area contributed by atoms with Crippen molar-refractivity contribution in [3.63, 3.8) is 0 Å². The Morgan fingerprint density at radius 1 is 1.40 bits per heavy atom. The van der Waals surface area contributed by atoms with E-state index in [0.717, 1.165) is 6.54 Å². The van der Waals surface area contributed by atoms with Crippen molar-refractivity contribution < 1.29 is 19.8 Å². The minimum atomic E-state index is -1.22. The van der Waals surface area contributed by atoms with Crippen molar-refractivity contribution in [2.75, 3.05) is 20.6 Å². The van der Waals surface area contributed by atoms with E-state index in [0.29, 0.717) is 6.29 Å². The van der Waals surface area contributed by atoms with Crippen molar-refractivity contribution in [3.05, 3.63) is 23.8 Å². The first kappa shape index (κ1) is 20.8. The van der Waals surface area contributed by atoms with Crippen molar-refractivity contribution in [3.8, 4) is 0 Å². The highest BCUT2D eigenvalue weighted by Gasteiger charge is 2.06. The highest BCUT2D eigenvalue weighted by atomic mass is 16.3. The number of aliphatic hydroxyl groups excluding tert-OH is 2. The lowest BCUT2D eigenvalue weighted by atomic mass is 10.1. The Bertz CT molecular complexity index is 312. The van der Waals surface area contributed by atoms with Crippen molar-refractivity contribution in [2.45, 2.75) is 32.0 Å². The van der Waals surface area contributed by atoms with E-state index in [1.807, 2.05) is 0 Å². The van der Waals surface area contributed by atoms with Crippen LogP contribution in [0.25, 0.3) is 0 Å². The van der Waals surface area contributed by atoms with E-state index in [1.54, 1.807) is 5.57 Å². The van der Waals surface area contributed by atoms with Gasteiger partial charge in [0.2, 0.25) is 6.41 Å². The second-order valence-electron chi connectivity index (χ2n) is 4.53. The Hall–Kier alpha value is -1.50. The van der Waals surface area contributed by atoms with Crippen LogP contribution in [0.4, 0.5) is 0 Å². The molecule has 0 heterocycles. The van der Waals surface area contributed by atoms with Crippen LogP contribution in [0, 0.1) is 0 Å². The molecule has 0 radical (unpaired) electrons. The van der Waals surface area contributed by atoms with Gasteiger partial charge in [-0.05, 0) is 33.9 Å². The second kappa shape index (κ2) is 13.9. The van der Waals surface area contributed by atoms with E-state index in [-0.39, 0.29) is 6.41 Å². The van der Waals surface area contributed by atoms with E-state index >= 15 is 0 Å². The monoisotopic (exact) mass is 286 g/mol. The first-order valence-corrected chi connectivity index (χ1v) is 6.35. The fraction of sp³-hybridized carbons (Fsp3) is 0.571. The van der Waals surface area contributed by atoms with Crippen LogP contribution in [0.3, 0.4) is 0 Å². The van der Waals surface area contributed by atoms with Crippen LogP contribution in [0.15, 0.2) is 23.8 Å². The number of carbonyl (C=O) groups excluding carboxylic acids is 2. The third-order valence-corrected chi connectivity index (χ3v) is 2.25. The maximum absolute atomic E-state index is 9.54. The zero-order chi connectivity index (χ0) is 16.0. The average molecular weight is 286 g/mol. The molecule has 0 aromatic carbocycles. The summed E-state index contributed by atoms with van der Waals surface area (Å²) in [6.07, 6.45) is 7.45. The van der Waals surface area contributed by atoms with E-state index in [1.165, 1.54) is 19.8 Å². The first-order valence-electron chi connectivity index (χ1n) is 6.35. The molecule has 0 aliphatic heterocycles. The molecule has 6 heteroatoms. The van der Waals surface area contributed by atoms with Gasteiger partial charge in [0.25, 0.3) is 0 Å². The van der Waals surface area contributed by atoms with Gasteiger partial charge in [-0.25, -0.2) is 0 Å². The van der Waals surface area contributed by atoms with Crippen molar-refractivity contribution in [1.29, 1.82) is 0 Å². The summed E-state index contributed by atoms with van der Waals surface area (Å²) in [4.78, 5) is 20.3. The van der Waals surface area contributed by atoms with Crippen LogP contribution in [0.2, 0.25) is 0 Å². The molecule has 2 unspecified atom stereocenters. The van der Waals surface area contributed by atoms with E-state index in [2.05, 4.69) is 43.0 Å². The third-order valence-electron chi connectivity index (χ3n) is 2.25. The van der Waals surface area contributed by atoms with E-state index < -0.39 is 12.2 Å². The van der Waals surface area contributed by atoms with Gasteiger partial charge in [-0.3, -0.25) is 4.79 Å². The Labute approximate surface area is 120 Å². The van der Waals surface area contributed by atoms with Gasteiger partial charge in [0, 0.05) is 6.54 Å². The fourth-order valence-corrected chi connectivity index (χ4v) is 1.30. The minimum absolute atomic E-state index is 0.250. The molecular formula is C14H26N2O4. The molecule has 0 bridgehead atoms. The van der Waals surface area contributed by atoms with Crippen molar-refractivity contribution in [1.82, 2.24) is 4.90 Å². The number of rotatable bonds is 4. The molecule has 4 N–H and O–H groups in total. The fourth-order valence-electron chi connectivity index (χ4n) is 1.30. The van der Waals surface area contributed by atoms with E-state index in [9.17, 15) is 4.79 Å². The molecule has 0 saturated carbocycles. The SMILES string of the molecule is CC(O)C(O)C=O.CN(C)CC1=CC=CCC1.NC=O. The lowest BCUT2D eigenvalue weighted by Gasteiger charge is -2.13. The quantitative estimate of drug-likeness (QED) is 0.624. The number of amides is 1. The van der Waals surface area contributed by atoms with Gasteiger partial charge >= 0.3 is 0 Å². The van der Waals surface area contributed by atoms with Crippen molar-refractivity contribution >= 4 is 12.7 Å². The number of nitrogens with zero attached hydrogens (tertiary/aromatic N) is 1. The zero-order valence-electron chi connectivity index (χ0n) is 12.4. The zero-order valence-corrected chi connectivity index (χ0v) is 12.4. The molecule has 0 spiro atoms. The number of hydrogen-bond donors (Lipinski definition) is 3. The summed E-state index contributed by atoms with van der Waals surface area (Å²) in [5, 5.41) is 16.7. The normalized spacial score (nSPS) is 15.8. The molecule has 1 aliphatic rings. The number of carbonyl (C=O) groups is 2. The molecule has 20 heavy (non-hydrogen) atoms. The predicted octanol–water partition coefficient (Wildman–Crippen LogP) is -0.147.